The van der Waals surface area contributed by atoms with E-state index in [0.29, 0.717) is 0 Å². The summed E-state index contributed by atoms with van der Waals surface area (Å²) in [7, 11) is 1.18. The number of rotatable bonds is 6. The van der Waals surface area contributed by atoms with Crippen molar-refractivity contribution in [1.82, 2.24) is 5.32 Å². The largest absolute Gasteiger partial charge is 0.467 e. The maximum atomic E-state index is 12.7. The Bertz CT molecular complexity index is 1070. The lowest BCUT2D eigenvalue weighted by molar-refractivity contribution is -0.146. The molecule has 0 fully saturated rings. The molecule has 0 spiro atoms. The minimum atomic E-state index is -4.53. The predicted molar refractivity (Wildman–Crippen MR) is 108 cm³/mol. The van der Waals surface area contributed by atoms with Crippen LogP contribution in [0.1, 0.15) is 22.8 Å². The molecular formula is C23H20F3NO4. The number of carbonyl (C=O) groups excluding carboxylic acids is 2. The monoisotopic (exact) mass is 431 g/mol. The van der Waals surface area contributed by atoms with Gasteiger partial charge in [0.05, 0.1) is 12.7 Å². The van der Waals surface area contributed by atoms with Crippen LogP contribution in [0.25, 0.3) is 10.8 Å². The van der Waals surface area contributed by atoms with Gasteiger partial charge in [0.2, 0.25) is 0 Å². The third kappa shape index (κ3) is 5.21. The molecule has 1 amide bonds. The Hall–Kier alpha value is -3.39. The van der Waals surface area contributed by atoms with Gasteiger partial charge >= 0.3 is 12.1 Å². The number of carbonyl (C=O) groups is 2. The van der Waals surface area contributed by atoms with E-state index in [2.05, 4.69) is 5.32 Å². The summed E-state index contributed by atoms with van der Waals surface area (Å²) in [6.45, 7) is 0. The Kier molecular flexibility index (Phi) is 6.60. The molecule has 0 aliphatic carbocycles. The number of aliphatic hydroxyl groups excluding tert-OH is 1. The second-order valence-electron chi connectivity index (χ2n) is 6.95. The Morgan fingerprint density at radius 1 is 1.00 bits per heavy atom. The van der Waals surface area contributed by atoms with Crippen LogP contribution < -0.4 is 5.32 Å². The van der Waals surface area contributed by atoms with Crippen molar-refractivity contribution in [3.63, 3.8) is 0 Å². The molecule has 0 heterocycles. The van der Waals surface area contributed by atoms with E-state index in [-0.39, 0.29) is 12.0 Å². The fourth-order valence-electron chi connectivity index (χ4n) is 3.28. The van der Waals surface area contributed by atoms with Crippen molar-refractivity contribution in [1.29, 1.82) is 0 Å². The number of alkyl halides is 3. The van der Waals surface area contributed by atoms with Crippen LogP contribution in [-0.4, -0.2) is 30.1 Å². The van der Waals surface area contributed by atoms with Crippen molar-refractivity contribution < 1.29 is 32.6 Å². The van der Waals surface area contributed by atoms with Crippen LogP contribution in [0.4, 0.5) is 13.2 Å². The van der Waals surface area contributed by atoms with Crippen LogP contribution in [0.2, 0.25) is 0 Å². The first-order valence-electron chi connectivity index (χ1n) is 9.41. The number of ether oxygens (including phenoxy) is 1. The summed E-state index contributed by atoms with van der Waals surface area (Å²) in [6, 6.07) is 15.6. The molecule has 2 atom stereocenters. The van der Waals surface area contributed by atoms with E-state index in [4.69, 9.17) is 4.74 Å². The SMILES string of the molecule is COC(=O)[C@H](Cc1cccc2ccccc12)NC(=O)[C@@H](O)c1ccc(C(F)(F)F)cc1. The second-order valence-corrected chi connectivity index (χ2v) is 6.95. The van der Waals surface area contributed by atoms with Crippen molar-refractivity contribution in [2.45, 2.75) is 24.7 Å². The van der Waals surface area contributed by atoms with E-state index in [0.717, 1.165) is 40.6 Å². The maximum Gasteiger partial charge on any atom is 0.416 e. The molecule has 162 valence electrons. The molecule has 5 nitrogen and oxygen atoms in total. The van der Waals surface area contributed by atoms with Gasteiger partial charge in [-0.15, -0.1) is 0 Å². The van der Waals surface area contributed by atoms with Crippen LogP contribution in [0.15, 0.2) is 66.7 Å². The van der Waals surface area contributed by atoms with E-state index in [1.165, 1.54) is 7.11 Å². The molecule has 0 aromatic heterocycles. The highest BCUT2D eigenvalue weighted by Gasteiger charge is 2.31. The minimum Gasteiger partial charge on any atom is -0.467 e. The highest BCUT2D eigenvalue weighted by atomic mass is 19.4. The van der Waals surface area contributed by atoms with Gasteiger partial charge in [-0.25, -0.2) is 4.79 Å². The fraction of sp³-hybridized carbons (Fsp3) is 0.217. The van der Waals surface area contributed by atoms with E-state index < -0.39 is 35.8 Å². The number of nitrogens with one attached hydrogen (secondary N) is 1. The molecule has 31 heavy (non-hydrogen) atoms. The smallest absolute Gasteiger partial charge is 0.416 e. The fourth-order valence-corrected chi connectivity index (χ4v) is 3.28. The summed E-state index contributed by atoms with van der Waals surface area (Å²) in [5.74, 6) is -1.63. The van der Waals surface area contributed by atoms with Gasteiger partial charge in [-0.05, 0) is 34.0 Å². The summed E-state index contributed by atoms with van der Waals surface area (Å²) in [5.41, 5.74) is -0.135. The Morgan fingerprint density at radius 2 is 1.65 bits per heavy atom. The zero-order valence-corrected chi connectivity index (χ0v) is 16.5. The van der Waals surface area contributed by atoms with Crippen LogP contribution in [0, 0.1) is 0 Å². The number of hydrogen-bond acceptors (Lipinski definition) is 4. The normalized spacial score (nSPS) is 13.5. The lowest BCUT2D eigenvalue weighted by atomic mass is 9.98. The lowest BCUT2D eigenvalue weighted by Gasteiger charge is -2.20. The molecule has 2 N–H and O–H groups in total. The van der Waals surface area contributed by atoms with Crippen molar-refractivity contribution in [3.05, 3.63) is 83.4 Å². The molecule has 0 aliphatic rings. The first kappa shape index (κ1) is 22.3. The molecule has 8 heteroatoms. The molecule has 0 unspecified atom stereocenters. The average molecular weight is 431 g/mol. The zero-order valence-electron chi connectivity index (χ0n) is 16.5. The van der Waals surface area contributed by atoms with Gasteiger partial charge < -0.3 is 15.2 Å². The summed E-state index contributed by atoms with van der Waals surface area (Å²) in [5, 5.41) is 14.6. The number of aliphatic hydroxyl groups is 1. The molecule has 0 bridgehead atoms. The topological polar surface area (TPSA) is 75.6 Å². The van der Waals surface area contributed by atoms with E-state index in [9.17, 15) is 27.9 Å². The van der Waals surface area contributed by atoms with Gasteiger partial charge in [0, 0.05) is 6.42 Å². The number of amides is 1. The van der Waals surface area contributed by atoms with Gasteiger partial charge in [-0.3, -0.25) is 4.79 Å². The number of hydrogen-bond donors (Lipinski definition) is 2. The van der Waals surface area contributed by atoms with Crippen LogP contribution >= 0.6 is 0 Å². The molecule has 0 aliphatic heterocycles. The number of fused-ring (bicyclic) bond motifs is 1. The van der Waals surface area contributed by atoms with Crippen molar-refractivity contribution in [2.75, 3.05) is 7.11 Å². The number of halogens is 3. The third-order valence-corrected chi connectivity index (χ3v) is 4.91. The van der Waals surface area contributed by atoms with E-state index in [1.54, 1.807) is 0 Å². The molecule has 3 aromatic rings. The molecule has 0 saturated heterocycles. The van der Waals surface area contributed by atoms with Gasteiger partial charge in [-0.1, -0.05) is 54.6 Å². The summed E-state index contributed by atoms with van der Waals surface area (Å²) < 4.78 is 42.9. The first-order valence-corrected chi connectivity index (χ1v) is 9.41. The maximum absolute atomic E-state index is 12.7. The quantitative estimate of drug-likeness (QED) is 0.583. The standard InChI is InChI=1S/C23H20F3NO4/c1-31-22(30)19(13-16-7-4-6-14-5-2-3-8-18(14)16)27-21(29)20(28)15-9-11-17(12-10-15)23(24,25)26/h2-12,19-20,28H,13H2,1H3,(H,27,29)/t19-,20-/m0/s1. The van der Waals surface area contributed by atoms with Crippen LogP contribution in [0.3, 0.4) is 0 Å². The highest BCUT2D eigenvalue weighted by molar-refractivity contribution is 5.89. The molecular weight excluding hydrogens is 411 g/mol. The van der Waals surface area contributed by atoms with Gasteiger partial charge in [0.1, 0.15) is 6.04 Å². The molecule has 0 radical (unpaired) electrons. The van der Waals surface area contributed by atoms with Crippen LogP contribution in [-0.2, 0) is 26.9 Å². The summed E-state index contributed by atoms with van der Waals surface area (Å²) >= 11 is 0. The number of methoxy groups -OCH3 is 1. The molecule has 3 aromatic carbocycles. The Labute approximate surface area is 176 Å². The predicted octanol–water partition coefficient (Wildman–Crippen LogP) is 3.79. The van der Waals surface area contributed by atoms with Gasteiger partial charge in [-0.2, -0.15) is 13.2 Å². The Morgan fingerprint density at radius 3 is 2.29 bits per heavy atom. The lowest BCUT2D eigenvalue weighted by Crippen LogP contribution is -2.45. The highest BCUT2D eigenvalue weighted by Crippen LogP contribution is 2.30. The van der Waals surface area contributed by atoms with Crippen molar-refractivity contribution >= 4 is 22.6 Å². The summed E-state index contributed by atoms with van der Waals surface area (Å²) in [6.07, 6.45) is -6.17. The number of esters is 1. The van der Waals surface area contributed by atoms with E-state index >= 15 is 0 Å². The second kappa shape index (κ2) is 9.18. The van der Waals surface area contributed by atoms with Gasteiger partial charge in [0.25, 0.3) is 5.91 Å². The first-order chi connectivity index (χ1) is 14.7. The van der Waals surface area contributed by atoms with Crippen LogP contribution in [0.5, 0.6) is 0 Å². The van der Waals surface area contributed by atoms with Crippen molar-refractivity contribution in [2.24, 2.45) is 0 Å². The zero-order chi connectivity index (χ0) is 22.6. The molecule has 0 saturated carbocycles. The molecule has 3 rings (SSSR count). The average Bonchev–Trinajstić information content (AvgIpc) is 2.77. The van der Waals surface area contributed by atoms with Gasteiger partial charge in [0.15, 0.2) is 6.10 Å². The van der Waals surface area contributed by atoms with E-state index in [1.807, 2.05) is 42.5 Å². The van der Waals surface area contributed by atoms with Crippen molar-refractivity contribution in [3.8, 4) is 0 Å². The Balaban J connectivity index is 1.79. The summed E-state index contributed by atoms with van der Waals surface area (Å²) in [4.78, 5) is 24.8. The minimum absolute atomic E-state index is 0.0284. The number of benzene rings is 3. The third-order valence-electron chi connectivity index (χ3n) is 4.91.